The van der Waals surface area contributed by atoms with Gasteiger partial charge in [0, 0.05) is 25.7 Å². The molecular weight excluding hydrogens is 200 g/mol. The highest BCUT2D eigenvalue weighted by Gasteiger charge is 2.22. The third-order valence-electron chi connectivity index (χ3n) is 3.21. The topological polar surface area (TPSA) is 23.6 Å². The van der Waals surface area contributed by atoms with E-state index < -0.39 is 0 Å². The third-order valence-corrected chi connectivity index (χ3v) is 3.21. The van der Waals surface area contributed by atoms with Gasteiger partial charge in [-0.1, -0.05) is 19.8 Å². The minimum Gasteiger partial charge on any atom is -0.325 e. The van der Waals surface area contributed by atoms with Crippen LogP contribution in [0.25, 0.3) is 0 Å². The predicted octanol–water partition coefficient (Wildman–Crippen LogP) is 3.10. The molecule has 0 radical (unpaired) electrons. The van der Waals surface area contributed by atoms with Gasteiger partial charge in [-0.25, -0.2) is 4.79 Å². The van der Waals surface area contributed by atoms with E-state index in [1.165, 1.54) is 25.7 Å². The van der Waals surface area contributed by atoms with Crippen LogP contribution in [0.1, 0.15) is 52.9 Å². The molecule has 16 heavy (non-hydrogen) atoms. The average molecular weight is 226 g/mol. The van der Waals surface area contributed by atoms with Crippen LogP contribution in [-0.2, 0) is 0 Å². The molecule has 3 heteroatoms. The molecule has 1 fully saturated rings. The molecule has 0 aromatic carbocycles. The molecule has 0 aromatic rings. The smallest absolute Gasteiger partial charge is 0.320 e. The molecule has 0 N–H and O–H groups in total. The van der Waals surface area contributed by atoms with E-state index in [0.717, 1.165) is 26.1 Å². The number of hydrogen-bond donors (Lipinski definition) is 0. The predicted molar refractivity (Wildman–Crippen MR) is 67.6 cm³/mol. The van der Waals surface area contributed by atoms with Gasteiger partial charge in [-0.2, -0.15) is 0 Å². The van der Waals surface area contributed by atoms with Crippen LogP contribution in [0.2, 0.25) is 0 Å². The lowest BCUT2D eigenvalue weighted by molar-refractivity contribution is 0.141. The summed E-state index contributed by atoms with van der Waals surface area (Å²) in [6.07, 6.45) is 5.93. The van der Waals surface area contributed by atoms with Crippen molar-refractivity contribution in [2.24, 2.45) is 0 Å². The van der Waals surface area contributed by atoms with Gasteiger partial charge >= 0.3 is 6.03 Å². The second-order valence-electron chi connectivity index (χ2n) is 4.97. The summed E-state index contributed by atoms with van der Waals surface area (Å²) in [6, 6.07) is 0.564. The normalized spacial score (nSPS) is 17.4. The Balaban J connectivity index is 2.57. The van der Waals surface area contributed by atoms with Gasteiger partial charge in [0.25, 0.3) is 0 Å². The van der Waals surface area contributed by atoms with Crippen molar-refractivity contribution in [3.8, 4) is 0 Å². The van der Waals surface area contributed by atoms with Crippen molar-refractivity contribution in [3.05, 3.63) is 0 Å². The van der Waals surface area contributed by atoms with Crippen LogP contribution in [0.5, 0.6) is 0 Å². The van der Waals surface area contributed by atoms with E-state index in [1.807, 2.05) is 9.80 Å². The standard InChI is InChI=1S/C13H26N2O/c1-4-9-15(12(2)3)13(16)14-10-7-5-6-8-11-14/h12H,4-11H2,1-3H3. The quantitative estimate of drug-likeness (QED) is 0.725. The molecule has 3 nitrogen and oxygen atoms in total. The molecule has 1 rings (SSSR count). The second-order valence-corrected chi connectivity index (χ2v) is 4.97. The first kappa shape index (κ1) is 13.3. The number of nitrogens with zero attached hydrogens (tertiary/aromatic N) is 2. The number of rotatable bonds is 3. The Morgan fingerprint density at radius 1 is 1.19 bits per heavy atom. The lowest BCUT2D eigenvalue weighted by atomic mass is 10.2. The molecule has 0 aliphatic carbocycles. The van der Waals surface area contributed by atoms with E-state index in [2.05, 4.69) is 20.8 Å². The van der Waals surface area contributed by atoms with Crippen LogP contribution in [0.4, 0.5) is 4.79 Å². The largest absolute Gasteiger partial charge is 0.325 e. The maximum Gasteiger partial charge on any atom is 0.320 e. The summed E-state index contributed by atoms with van der Waals surface area (Å²) in [6.45, 7) is 9.12. The zero-order valence-electron chi connectivity index (χ0n) is 11.0. The molecule has 0 unspecified atom stereocenters. The highest BCUT2D eigenvalue weighted by Crippen LogP contribution is 2.13. The van der Waals surface area contributed by atoms with Crippen molar-refractivity contribution >= 4 is 6.03 Å². The van der Waals surface area contributed by atoms with Gasteiger partial charge in [-0.15, -0.1) is 0 Å². The zero-order valence-corrected chi connectivity index (χ0v) is 11.0. The number of urea groups is 1. The summed E-state index contributed by atoms with van der Waals surface area (Å²) in [5, 5.41) is 0. The van der Waals surface area contributed by atoms with Gasteiger partial charge < -0.3 is 9.80 Å². The fourth-order valence-electron chi connectivity index (χ4n) is 2.26. The summed E-state index contributed by atoms with van der Waals surface area (Å²) < 4.78 is 0. The first-order valence-electron chi connectivity index (χ1n) is 6.72. The molecule has 1 saturated heterocycles. The SMILES string of the molecule is CCCN(C(=O)N1CCCCCC1)C(C)C. The Kier molecular flexibility index (Phi) is 5.64. The molecule has 0 aromatic heterocycles. The van der Waals surface area contributed by atoms with Crippen molar-refractivity contribution < 1.29 is 4.79 Å². The molecule has 1 heterocycles. The van der Waals surface area contributed by atoms with Crippen molar-refractivity contribution in [1.82, 2.24) is 9.80 Å². The maximum atomic E-state index is 12.3. The van der Waals surface area contributed by atoms with E-state index >= 15 is 0 Å². The Bertz CT molecular complexity index is 208. The van der Waals surface area contributed by atoms with Gasteiger partial charge in [0.05, 0.1) is 0 Å². The Labute approximate surface area is 99.8 Å². The molecule has 0 atom stereocenters. The number of carbonyl (C=O) groups is 1. The zero-order chi connectivity index (χ0) is 12.0. The maximum absolute atomic E-state index is 12.3. The molecule has 0 bridgehead atoms. The summed E-state index contributed by atoms with van der Waals surface area (Å²) in [5.74, 6) is 0. The van der Waals surface area contributed by atoms with E-state index in [1.54, 1.807) is 0 Å². The summed E-state index contributed by atoms with van der Waals surface area (Å²) >= 11 is 0. The van der Waals surface area contributed by atoms with Crippen LogP contribution < -0.4 is 0 Å². The molecule has 1 aliphatic rings. The first-order chi connectivity index (χ1) is 7.66. The van der Waals surface area contributed by atoms with Crippen molar-refractivity contribution in [3.63, 3.8) is 0 Å². The Hall–Kier alpha value is -0.730. The first-order valence-corrected chi connectivity index (χ1v) is 6.72. The highest BCUT2D eigenvalue weighted by atomic mass is 16.2. The molecule has 1 aliphatic heterocycles. The molecule has 94 valence electrons. The highest BCUT2D eigenvalue weighted by molar-refractivity contribution is 5.74. The van der Waals surface area contributed by atoms with Crippen molar-refractivity contribution in [2.75, 3.05) is 19.6 Å². The number of hydrogen-bond acceptors (Lipinski definition) is 1. The number of carbonyl (C=O) groups excluding carboxylic acids is 1. The Morgan fingerprint density at radius 2 is 1.75 bits per heavy atom. The number of amides is 2. The summed E-state index contributed by atoms with van der Waals surface area (Å²) in [5.41, 5.74) is 0. The Morgan fingerprint density at radius 3 is 2.19 bits per heavy atom. The van der Waals surface area contributed by atoms with E-state index in [0.29, 0.717) is 6.04 Å². The van der Waals surface area contributed by atoms with Crippen molar-refractivity contribution in [2.45, 2.75) is 58.9 Å². The van der Waals surface area contributed by atoms with E-state index in [9.17, 15) is 4.79 Å². The lowest BCUT2D eigenvalue weighted by Gasteiger charge is -2.32. The van der Waals surface area contributed by atoms with Gasteiger partial charge in [-0.3, -0.25) is 0 Å². The molecule has 0 saturated carbocycles. The molecule has 2 amide bonds. The van der Waals surface area contributed by atoms with Crippen LogP contribution in [0, 0.1) is 0 Å². The van der Waals surface area contributed by atoms with Crippen LogP contribution in [0.3, 0.4) is 0 Å². The lowest BCUT2D eigenvalue weighted by Crippen LogP contribution is -2.47. The molecular formula is C13H26N2O. The minimum absolute atomic E-state index is 0.249. The minimum atomic E-state index is 0.249. The van der Waals surface area contributed by atoms with Gasteiger partial charge in [0.15, 0.2) is 0 Å². The fraction of sp³-hybridized carbons (Fsp3) is 0.923. The van der Waals surface area contributed by atoms with Gasteiger partial charge in [0.2, 0.25) is 0 Å². The third kappa shape index (κ3) is 3.69. The summed E-state index contributed by atoms with van der Waals surface area (Å²) in [4.78, 5) is 16.4. The van der Waals surface area contributed by atoms with E-state index in [-0.39, 0.29) is 6.03 Å². The average Bonchev–Trinajstić information content (AvgIpc) is 2.53. The van der Waals surface area contributed by atoms with E-state index in [4.69, 9.17) is 0 Å². The second kappa shape index (κ2) is 6.77. The van der Waals surface area contributed by atoms with Crippen LogP contribution in [0.15, 0.2) is 0 Å². The molecule has 0 spiro atoms. The van der Waals surface area contributed by atoms with Gasteiger partial charge in [0.1, 0.15) is 0 Å². The fourth-order valence-corrected chi connectivity index (χ4v) is 2.26. The summed E-state index contributed by atoms with van der Waals surface area (Å²) in [7, 11) is 0. The van der Waals surface area contributed by atoms with Crippen LogP contribution in [-0.4, -0.2) is 41.5 Å². The monoisotopic (exact) mass is 226 g/mol. The van der Waals surface area contributed by atoms with Crippen LogP contribution >= 0.6 is 0 Å². The van der Waals surface area contributed by atoms with Crippen molar-refractivity contribution in [1.29, 1.82) is 0 Å². The number of likely N-dealkylation sites (tertiary alicyclic amines) is 1. The van der Waals surface area contributed by atoms with Gasteiger partial charge in [-0.05, 0) is 33.1 Å².